The van der Waals surface area contributed by atoms with E-state index in [1.165, 1.54) is 0 Å². The van der Waals surface area contributed by atoms with E-state index in [0.717, 1.165) is 0 Å². The van der Waals surface area contributed by atoms with Gasteiger partial charge in [0.25, 0.3) is 0 Å². The van der Waals surface area contributed by atoms with Gasteiger partial charge in [-0.1, -0.05) is 0 Å². The molecule has 0 aliphatic heterocycles. The van der Waals surface area contributed by atoms with Gasteiger partial charge in [0.15, 0.2) is 0 Å². The van der Waals surface area contributed by atoms with Crippen molar-refractivity contribution in [1.29, 1.82) is 0 Å². The molecule has 0 N–H and O–H groups in total. The molecule has 6 heteroatoms. The van der Waals surface area contributed by atoms with Crippen LogP contribution in [-0.4, -0.2) is 75.5 Å². The molecular formula is H4Ca2P4. The molecule has 0 heterocycles. The first-order chi connectivity index (χ1) is 0. The molecule has 12 radical (unpaired) electrons. The maximum absolute atomic E-state index is 0. The van der Waals surface area contributed by atoms with Crippen LogP contribution in [0.5, 0.6) is 0 Å². The van der Waals surface area contributed by atoms with Crippen LogP contribution in [0.25, 0.3) is 0 Å². The molecule has 0 atom stereocenters. The molecule has 0 spiro atoms. The van der Waals surface area contributed by atoms with Crippen LogP contribution in [0.4, 0.5) is 0 Å². The van der Waals surface area contributed by atoms with Crippen LogP contribution in [0.3, 0.4) is 0 Å². The van der Waals surface area contributed by atoms with E-state index in [1.807, 2.05) is 0 Å². The average Bonchev–Trinajstić information content (AvgIpc) is 0. The van der Waals surface area contributed by atoms with Gasteiger partial charge in [-0.2, -0.15) is 0 Å². The van der Waals surface area contributed by atoms with Crippen molar-refractivity contribution in [3.8, 4) is 0 Å². The molecule has 0 saturated carbocycles. The van der Waals surface area contributed by atoms with Crippen LogP contribution in [0.1, 0.15) is 0 Å². The van der Waals surface area contributed by atoms with Gasteiger partial charge in [0.2, 0.25) is 0 Å². The fourth-order valence-electron chi connectivity index (χ4n) is 0. The molecule has 6 heavy (non-hydrogen) atoms. The Morgan fingerprint density at radius 3 is 0.333 bits per heavy atom. The summed E-state index contributed by atoms with van der Waals surface area (Å²) in [4.78, 5) is 0. The number of rotatable bonds is 0. The summed E-state index contributed by atoms with van der Waals surface area (Å²) in [5, 5.41) is 0. The molecule has 0 saturated heterocycles. The standard InChI is InChI=1S/2Ca.4P.4H. The maximum Gasteiger partial charge on any atom is 0 e. The number of hydrogen-bond acceptors (Lipinski definition) is 0. The monoisotopic (exact) mass is 208 g/mol. The third kappa shape index (κ3) is 24.0. The zero-order chi connectivity index (χ0) is 0. The predicted octanol–water partition coefficient (Wildman–Crippen LogP) is 1.61. The molecule has 0 nitrogen and oxygen atoms in total. The van der Waals surface area contributed by atoms with E-state index in [0.29, 0.717) is 0 Å². The van der Waals surface area contributed by atoms with Crippen molar-refractivity contribution in [2.45, 2.75) is 0 Å². The van der Waals surface area contributed by atoms with Gasteiger partial charge in [0, 0.05) is 39.6 Å². The number of hydrogen-bond donors (Lipinski definition) is 0. The summed E-state index contributed by atoms with van der Waals surface area (Å²) in [7, 11) is 0. The van der Waals surface area contributed by atoms with E-state index in [9.17, 15) is 0 Å². The molecule has 28 valence electrons. The first kappa shape index (κ1) is 48.6. The van der Waals surface area contributed by atoms with Gasteiger partial charge >= 0.3 is 75.5 Å². The van der Waals surface area contributed by atoms with Crippen molar-refractivity contribution in [2.24, 2.45) is 0 Å². The van der Waals surface area contributed by atoms with E-state index >= 15 is 0 Å². The van der Waals surface area contributed by atoms with Crippen molar-refractivity contribution < 1.29 is 0 Å². The zero-order valence-electron chi connectivity index (χ0n) is 1.79. The maximum atomic E-state index is 0. The molecule has 0 fully saturated rings. The van der Waals surface area contributed by atoms with Crippen LogP contribution in [-0.2, 0) is 0 Å². The largest absolute Gasteiger partial charge is 0 e. The van der Waals surface area contributed by atoms with Crippen LogP contribution in [0.15, 0.2) is 0 Å². The van der Waals surface area contributed by atoms with Crippen molar-refractivity contribution >= 4 is 115 Å². The van der Waals surface area contributed by atoms with Crippen LogP contribution < -0.4 is 0 Å². The second-order valence-corrected chi connectivity index (χ2v) is 0. The van der Waals surface area contributed by atoms with E-state index in [4.69, 9.17) is 0 Å². The predicted molar refractivity (Wildman–Crippen MR) is 44.8 cm³/mol. The second kappa shape index (κ2) is 34.9. The summed E-state index contributed by atoms with van der Waals surface area (Å²) < 4.78 is 0. The van der Waals surface area contributed by atoms with Gasteiger partial charge in [0.1, 0.15) is 0 Å². The topological polar surface area (TPSA) is 0 Å². The summed E-state index contributed by atoms with van der Waals surface area (Å²) in [5.74, 6) is 0. The van der Waals surface area contributed by atoms with Crippen molar-refractivity contribution in [2.75, 3.05) is 0 Å². The fourth-order valence-corrected chi connectivity index (χ4v) is 0. The van der Waals surface area contributed by atoms with Gasteiger partial charge in [-0.15, -0.1) is 0 Å². The minimum atomic E-state index is 0. The third-order valence-electron chi connectivity index (χ3n) is 0. The Kier molecular flexibility index (Phi) is 283. The van der Waals surface area contributed by atoms with Gasteiger partial charge in [-0.25, -0.2) is 0 Å². The fraction of sp³-hybridized carbons (Fsp3) is 0. The molecule has 0 aromatic heterocycles. The Morgan fingerprint density at radius 2 is 0.333 bits per heavy atom. The average molecular weight is 208 g/mol. The first-order valence-electron chi connectivity index (χ1n) is 0. The van der Waals surface area contributed by atoms with E-state index in [1.54, 1.807) is 0 Å². The van der Waals surface area contributed by atoms with Gasteiger partial charge in [-0.05, 0) is 0 Å². The summed E-state index contributed by atoms with van der Waals surface area (Å²) >= 11 is 0. The molecule has 0 rings (SSSR count). The van der Waals surface area contributed by atoms with Crippen LogP contribution in [0.2, 0.25) is 0 Å². The Labute approximate surface area is 113 Å². The van der Waals surface area contributed by atoms with Gasteiger partial charge < -0.3 is 0 Å². The Morgan fingerprint density at radius 1 is 0.333 bits per heavy atom. The molecule has 0 amide bonds. The molecular weight excluding hydrogens is 204 g/mol. The van der Waals surface area contributed by atoms with Crippen LogP contribution >= 0.6 is 39.6 Å². The second-order valence-electron chi connectivity index (χ2n) is 0. The summed E-state index contributed by atoms with van der Waals surface area (Å²) in [6, 6.07) is 0. The summed E-state index contributed by atoms with van der Waals surface area (Å²) in [5.41, 5.74) is 0. The smallest absolute Gasteiger partial charge is 0 e. The molecule has 0 aromatic carbocycles. The Hall–Kier alpha value is 4.24. The van der Waals surface area contributed by atoms with Crippen molar-refractivity contribution in [1.82, 2.24) is 0 Å². The molecule has 0 bridgehead atoms. The molecule has 0 aliphatic rings. The Bertz CT molecular complexity index is 5.51. The van der Waals surface area contributed by atoms with Crippen molar-refractivity contribution in [3.05, 3.63) is 0 Å². The summed E-state index contributed by atoms with van der Waals surface area (Å²) in [6.45, 7) is 0. The summed E-state index contributed by atoms with van der Waals surface area (Å²) in [6.07, 6.45) is 0. The van der Waals surface area contributed by atoms with Crippen LogP contribution in [0, 0.1) is 0 Å². The minimum Gasteiger partial charge on any atom is 0 e. The SMILES string of the molecule is [CaH2].[CaH2].[P].[P].[P].[P]. The molecule has 0 aliphatic carbocycles. The van der Waals surface area contributed by atoms with Gasteiger partial charge in [0.05, 0.1) is 0 Å². The van der Waals surface area contributed by atoms with E-state index in [2.05, 4.69) is 0 Å². The van der Waals surface area contributed by atoms with Crippen molar-refractivity contribution in [3.63, 3.8) is 0 Å². The zero-order valence-corrected chi connectivity index (χ0v) is 5.37. The quantitative estimate of drug-likeness (QED) is 0.419. The van der Waals surface area contributed by atoms with E-state index < -0.39 is 0 Å². The first-order valence-corrected chi connectivity index (χ1v) is 0. The Balaban J connectivity index is 0. The normalized spacial score (nSPS) is 0. The van der Waals surface area contributed by atoms with E-state index in [-0.39, 0.29) is 115 Å². The molecule has 0 unspecified atom stereocenters. The molecule has 0 aromatic rings. The van der Waals surface area contributed by atoms with Gasteiger partial charge in [-0.3, -0.25) is 0 Å². The third-order valence-corrected chi connectivity index (χ3v) is 0. The minimum absolute atomic E-state index is 0.